The third-order valence-corrected chi connectivity index (χ3v) is 2.87. The number of rotatable bonds is 4. The molecular formula is C15H15FN2O. The van der Waals surface area contributed by atoms with Gasteiger partial charge in [-0.3, -0.25) is 9.78 Å². The molecule has 0 saturated carbocycles. The topological polar surface area (TPSA) is 42.0 Å². The minimum atomic E-state index is -0.275. The van der Waals surface area contributed by atoms with E-state index in [1.54, 1.807) is 18.3 Å². The molecule has 0 saturated heterocycles. The second kappa shape index (κ2) is 6.09. The quantitative estimate of drug-likeness (QED) is 0.915. The number of amides is 1. The first-order valence-corrected chi connectivity index (χ1v) is 6.07. The van der Waals surface area contributed by atoms with Crippen molar-refractivity contribution in [3.63, 3.8) is 0 Å². The summed E-state index contributed by atoms with van der Waals surface area (Å²) in [5.74, 6) is -0.447. The fraction of sp³-hybridized carbons (Fsp3) is 0.200. The molecule has 0 bridgehead atoms. The second-order valence-electron chi connectivity index (χ2n) is 4.30. The summed E-state index contributed by atoms with van der Waals surface area (Å²) < 4.78 is 13.0. The number of benzene rings is 1. The van der Waals surface area contributed by atoms with Gasteiger partial charge in [-0.05, 0) is 29.8 Å². The molecule has 1 aromatic carbocycles. The van der Waals surface area contributed by atoms with Crippen LogP contribution in [-0.2, 0) is 4.79 Å². The van der Waals surface area contributed by atoms with Crippen LogP contribution in [0.25, 0.3) is 0 Å². The Morgan fingerprint density at radius 1 is 1.26 bits per heavy atom. The number of nitrogens with one attached hydrogen (secondary N) is 1. The molecule has 0 aliphatic carbocycles. The lowest BCUT2D eigenvalue weighted by atomic mass is 9.95. The molecule has 1 heterocycles. The summed E-state index contributed by atoms with van der Waals surface area (Å²) in [6.45, 7) is 1.91. The Kier molecular flexibility index (Phi) is 4.23. The number of halogens is 1. The highest BCUT2D eigenvalue weighted by Gasteiger charge is 2.15. The molecule has 19 heavy (non-hydrogen) atoms. The van der Waals surface area contributed by atoms with Gasteiger partial charge >= 0.3 is 0 Å². The van der Waals surface area contributed by atoms with Gasteiger partial charge in [0.2, 0.25) is 5.91 Å². The highest BCUT2D eigenvalue weighted by atomic mass is 19.1. The van der Waals surface area contributed by atoms with Gasteiger partial charge in [0.25, 0.3) is 0 Å². The fourth-order valence-electron chi connectivity index (χ4n) is 1.92. The molecule has 1 N–H and O–H groups in total. The third kappa shape index (κ3) is 3.61. The number of hydrogen-bond acceptors (Lipinski definition) is 2. The van der Waals surface area contributed by atoms with Crippen LogP contribution in [0.15, 0.2) is 48.7 Å². The molecule has 2 rings (SSSR count). The Morgan fingerprint density at radius 3 is 2.58 bits per heavy atom. The summed E-state index contributed by atoms with van der Waals surface area (Å²) in [6.07, 6.45) is 1.71. The summed E-state index contributed by atoms with van der Waals surface area (Å²) >= 11 is 0. The van der Waals surface area contributed by atoms with E-state index < -0.39 is 0 Å². The van der Waals surface area contributed by atoms with Crippen molar-refractivity contribution in [2.24, 2.45) is 0 Å². The Labute approximate surface area is 111 Å². The lowest BCUT2D eigenvalue weighted by Crippen LogP contribution is -2.27. The lowest BCUT2D eigenvalue weighted by molar-refractivity contribution is -0.118. The van der Waals surface area contributed by atoms with Crippen molar-refractivity contribution >= 4 is 5.91 Å². The molecule has 1 aromatic heterocycles. The van der Waals surface area contributed by atoms with E-state index in [4.69, 9.17) is 0 Å². The number of carbonyl (C=O) groups is 1. The fourth-order valence-corrected chi connectivity index (χ4v) is 1.92. The average molecular weight is 258 g/mol. The van der Waals surface area contributed by atoms with Gasteiger partial charge in [-0.25, -0.2) is 4.39 Å². The van der Waals surface area contributed by atoms with Gasteiger partial charge in [-0.15, -0.1) is 0 Å². The smallest absolute Gasteiger partial charge is 0.216 e. The molecular weight excluding hydrogens is 243 g/mol. The van der Waals surface area contributed by atoms with E-state index in [2.05, 4.69) is 10.3 Å². The van der Waals surface area contributed by atoms with E-state index in [0.29, 0.717) is 6.54 Å². The zero-order chi connectivity index (χ0) is 13.7. The molecule has 2 aromatic rings. The Balaban J connectivity index is 2.28. The van der Waals surface area contributed by atoms with Gasteiger partial charge in [0.1, 0.15) is 5.82 Å². The average Bonchev–Trinajstić information content (AvgIpc) is 2.42. The predicted octanol–water partition coefficient (Wildman–Crippen LogP) is 2.49. The van der Waals surface area contributed by atoms with Crippen LogP contribution in [0, 0.1) is 5.82 Å². The molecule has 1 atom stereocenters. The maximum absolute atomic E-state index is 13.0. The highest BCUT2D eigenvalue weighted by molar-refractivity contribution is 5.72. The first-order chi connectivity index (χ1) is 9.16. The minimum absolute atomic E-state index is 0.0781. The molecule has 0 spiro atoms. The van der Waals surface area contributed by atoms with Gasteiger partial charge in [-0.1, -0.05) is 18.2 Å². The Morgan fingerprint density at radius 2 is 2.00 bits per heavy atom. The van der Waals surface area contributed by atoms with E-state index in [9.17, 15) is 9.18 Å². The van der Waals surface area contributed by atoms with Crippen molar-refractivity contribution in [3.8, 4) is 0 Å². The first-order valence-electron chi connectivity index (χ1n) is 6.07. The van der Waals surface area contributed by atoms with E-state index in [1.165, 1.54) is 19.1 Å². The summed E-state index contributed by atoms with van der Waals surface area (Å²) in [5, 5.41) is 2.78. The number of pyridine rings is 1. The molecule has 0 aliphatic heterocycles. The van der Waals surface area contributed by atoms with E-state index in [0.717, 1.165) is 11.3 Å². The second-order valence-corrected chi connectivity index (χ2v) is 4.30. The highest BCUT2D eigenvalue weighted by Crippen LogP contribution is 2.22. The molecule has 0 aliphatic rings. The number of aromatic nitrogens is 1. The van der Waals surface area contributed by atoms with Crippen LogP contribution in [0.4, 0.5) is 4.39 Å². The first kappa shape index (κ1) is 13.2. The number of carbonyl (C=O) groups excluding carboxylic acids is 1. The van der Waals surface area contributed by atoms with E-state index in [1.807, 2.05) is 18.2 Å². The molecule has 0 fully saturated rings. The monoisotopic (exact) mass is 258 g/mol. The van der Waals surface area contributed by atoms with Gasteiger partial charge in [0.05, 0.1) is 0 Å². The maximum atomic E-state index is 13.0. The van der Waals surface area contributed by atoms with E-state index in [-0.39, 0.29) is 17.6 Å². The van der Waals surface area contributed by atoms with Crippen molar-refractivity contribution in [1.82, 2.24) is 10.3 Å². The molecule has 1 amide bonds. The van der Waals surface area contributed by atoms with E-state index >= 15 is 0 Å². The van der Waals surface area contributed by atoms with Crippen LogP contribution in [0.1, 0.15) is 24.1 Å². The van der Waals surface area contributed by atoms with Gasteiger partial charge in [-0.2, -0.15) is 0 Å². The van der Waals surface area contributed by atoms with Crippen molar-refractivity contribution in [3.05, 3.63) is 65.7 Å². The summed E-state index contributed by atoms with van der Waals surface area (Å²) in [5.41, 5.74) is 1.77. The van der Waals surface area contributed by atoms with Gasteiger partial charge in [0, 0.05) is 31.3 Å². The number of hydrogen-bond donors (Lipinski definition) is 1. The maximum Gasteiger partial charge on any atom is 0.216 e. The van der Waals surface area contributed by atoms with Crippen LogP contribution in [0.5, 0.6) is 0 Å². The van der Waals surface area contributed by atoms with Crippen LogP contribution in [0.2, 0.25) is 0 Å². The number of nitrogens with zero attached hydrogens (tertiary/aromatic N) is 1. The SMILES string of the molecule is CC(=O)NCC(c1ccc(F)cc1)c1ccccn1. The largest absolute Gasteiger partial charge is 0.355 e. The van der Waals surface area contributed by atoms with Gasteiger partial charge < -0.3 is 5.32 Å². The van der Waals surface area contributed by atoms with Gasteiger partial charge in [0.15, 0.2) is 0 Å². The normalized spacial score (nSPS) is 11.9. The van der Waals surface area contributed by atoms with Crippen LogP contribution < -0.4 is 5.32 Å². The van der Waals surface area contributed by atoms with Crippen molar-refractivity contribution < 1.29 is 9.18 Å². The lowest BCUT2D eigenvalue weighted by Gasteiger charge is -2.17. The zero-order valence-corrected chi connectivity index (χ0v) is 10.6. The molecule has 3 nitrogen and oxygen atoms in total. The molecule has 0 radical (unpaired) electrons. The zero-order valence-electron chi connectivity index (χ0n) is 10.6. The Bertz CT molecular complexity index is 540. The van der Waals surface area contributed by atoms with Crippen molar-refractivity contribution in [2.75, 3.05) is 6.54 Å². The Hall–Kier alpha value is -2.23. The summed E-state index contributed by atoms with van der Waals surface area (Å²) in [4.78, 5) is 15.4. The van der Waals surface area contributed by atoms with Crippen LogP contribution in [0.3, 0.4) is 0 Å². The third-order valence-electron chi connectivity index (χ3n) is 2.87. The predicted molar refractivity (Wildman–Crippen MR) is 71.2 cm³/mol. The minimum Gasteiger partial charge on any atom is -0.355 e. The molecule has 98 valence electrons. The summed E-state index contributed by atoms with van der Waals surface area (Å²) in [7, 11) is 0. The van der Waals surface area contributed by atoms with Crippen LogP contribution >= 0.6 is 0 Å². The summed E-state index contributed by atoms with van der Waals surface area (Å²) in [6, 6.07) is 11.9. The van der Waals surface area contributed by atoms with Crippen molar-refractivity contribution in [1.29, 1.82) is 0 Å². The molecule has 1 unspecified atom stereocenters. The van der Waals surface area contributed by atoms with Crippen molar-refractivity contribution in [2.45, 2.75) is 12.8 Å². The van der Waals surface area contributed by atoms with Crippen LogP contribution in [-0.4, -0.2) is 17.4 Å². The standard InChI is InChI=1S/C15H15FN2O/c1-11(19)18-10-14(15-4-2-3-9-17-15)12-5-7-13(16)8-6-12/h2-9,14H,10H2,1H3,(H,18,19). The molecule has 4 heteroatoms.